The van der Waals surface area contributed by atoms with Crippen molar-refractivity contribution in [2.45, 2.75) is 51.5 Å². The van der Waals surface area contributed by atoms with Crippen molar-refractivity contribution in [1.29, 1.82) is 0 Å². The van der Waals surface area contributed by atoms with Crippen LogP contribution in [0.2, 0.25) is 0 Å². The molecule has 4 fully saturated rings. The van der Waals surface area contributed by atoms with Crippen molar-refractivity contribution in [1.82, 2.24) is 20.5 Å². The zero-order valence-corrected chi connectivity index (χ0v) is 11.9. The molecule has 1 unspecified atom stereocenters. The van der Waals surface area contributed by atoms with Crippen LogP contribution in [-0.2, 0) is 0 Å². The van der Waals surface area contributed by atoms with Gasteiger partial charge in [-0.1, -0.05) is 0 Å². The third-order valence-corrected chi connectivity index (χ3v) is 5.98. The molecule has 5 heteroatoms. The summed E-state index contributed by atoms with van der Waals surface area (Å²) >= 11 is 0. The molecule has 5 nitrogen and oxygen atoms in total. The molecule has 1 aromatic rings. The van der Waals surface area contributed by atoms with Crippen molar-refractivity contribution < 1.29 is 4.79 Å². The van der Waals surface area contributed by atoms with Gasteiger partial charge in [0.2, 0.25) is 5.82 Å². The third kappa shape index (κ3) is 1.86. The number of H-pyrrole nitrogens is 1. The summed E-state index contributed by atoms with van der Waals surface area (Å²) < 4.78 is 0. The SMILES string of the molecule is CC(NC(=O)c1ncn[nH]1)C12CC3CC(CC(C3)C1)C2. The topological polar surface area (TPSA) is 70.7 Å². The van der Waals surface area contributed by atoms with E-state index < -0.39 is 0 Å². The van der Waals surface area contributed by atoms with Gasteiger partial charge in [-0.2, -0.15) is 5.10 Å². The molecule has 0 aromatic carbocycles. The Kier molecular flexibility index (Phi) is 2.66. The van der Waals surface area contributed by atoms with E-state index in [-0.39, 0.29) is 11.9 Å². The maximum Gasteiger partial charge on any atom is 0.288 e. The van der Waals surface area contributed by atoms with Gasteiger partial charge >= 0.3 is 0 Å². The molecule has 4 aliphatic rings. The van der Waals surface area contributed by atoms with E-state index in [1.165, 1.54) is 44.9 Å². The number of nitrogens with zero attached hydrogens (tertiary/aromatic N) is 2. The lowest BCUT2D eigenvalue weighted by atomic mass is 9.48. The fourth-order valence-corrected chi connectivity index (χ4v) is 5.44. The van der Waals surface area contributed by atoms with Crippen LogP contribution in [0.4, 0.5) is 0 Å². The highest BCUT2D eigenvalue weighted by Crippen LogP contribution is 2.61. The Labute approximate surface area is 118 Å². The van der Waals surface area contributed by atoms with E-state index in [1.807, 2.05) is 0 Å². The molecule has 4 saturated carbocycles. The van der Waals surface area contributed by atoms with Crippen molar-refractivity contribution in [3.63, 3.8) is 0 Å². The van der Waals surface area contributed by atoms with E-state index in [1.54, 1.807) is 0 Å². The lowest BCUT2D eigenvalue weighted by Gasteiger charge is -2.59. The number of rotatable bonds is 3. The second-order valence-corrected chi connectivity index (χ2v) is 7.31. The normalized spacial score (nSPS) is 39.8. The van der Waals surface area contributed by atoms with Crippen LogP contribution in [0.5, 0.6) is 0 Å². The Morgan fingerprint density at radius 3 is 2.40 bits per heavy atom. The molecule has 20 heavy (non-hydrogen) atoms. The zero-order chi connectivity index (χ0) is 13.7. The third-order valence-electron chi connectivity index (χ3n) is 5.98. The Balaban J connectivity index is 1.51. The van der Waals surface area contributed by atoms with E-state index >= 15 is 0 Å². The highest BCUT2D eigenvalue weighted by molar-refractivity contribution is 5.90. The Morgan fingerprint density at radius 2 is 1.90 bits per heavy atom. The molecule has 1 heterocycles. The summed E-state index contributed by atoms with van der Waals surface area (Å²) in [7, 11) is 0. The van der Waals surface area contributed by atoms with E-state index in [9.17, 15) is 4.79 Å². The first-order valence-corrected chi connectivity index (χ1v) is 7.81. The van der Waals surface area contributed by atoms with Gasteiger partial charge in [0.15, 0.2) is 0 Å². The van der Waals surface area contributed by atoms with E-state index in [0.29, 0.717) is 11.2 Å². The maximum absolute atomic E-state index is 12.2. The second kappa shape index (κ2) is 4.30. The predicted octanol–water partition coefficient (Wildman–Crippen LogP) is 2.14. The summed E-state index contributed by atoms with van der Waals surface area (Å²) in [5, 5.41) is 9.56. The van der Waals surface area contributed by atoms with Gasteiger partial charge in [0.05, 0.1) is 0 Å². The lowest BCUT2D eigenvalue weighted by molar-refractivity contribution is -0.0688. The van der Waals surface area contributed by atoms with E-state index in [2.05, 4.69) is 27.4 Å². The first-order valence-electron chi connectivity index (χ1n) is 7.81. The van der Waals surface area contributed by atoms with Crippen LogP contribution in [0.25, 0.3) is 0 Å². The monoisotopic (exact) mass is 274 g/mol. The molecule has 108 valence electrons. The largest absolute Gasteiger partial charge is 0.346 e. The van der Waals surface area contributed by atoms with E-state index in [0.717, 1.165) is 17.8 Å². The molecule has 4 aliphatic carbocycles. The number of aromatic amines is 1. The molecule has 2 N–H and O–H groups in total. The number of hydrogen-bond donors (Lipinski definition) is 2. The highest BCUT2D eigenvalue weighted by atomic mass is 16.2. The Morgan fingerprint density at radius 1 is 1.30 bits per heavy atom. The van der Waals surface area contributed by atoms with Crippen molar-refractivity contribution in [2.75, 3.05) is 0 Å². The molecule has 0 spiro atoms. The molecule has 0 saturated heterocycles. The fourth-order valence-electron chi connectivity index (χ4n) is 5.44. The lowest BCUT2D eigenvalue weighted by Crippen LogP contribution is -2.55. The zero-order valence-electron chi connectivity index (χ0n) is 11.9. The van der Waals surface area contributed by atoms with Crippen molar-refractivity contribution in [2.24, 2.45) is 23.2 Å². The minimum atomic E-state index is -0.120. The molecule has 1 aromatic heterocycles. The van der Waals surface area contributed by atoms with Gasteiger partial charge in [0.1, 0.15) is 6.33 Å². The van der Waals surface area contributed by atoms with Crippen LogP contribution in [0, 0.1) is 23.2 Å². The molecular formula is C15H22N4O. The van der Waals surface area contributed by atoms with Crippen molar-refractivity contribution >= 4 is 5.91 Å². The molecule has 4 bridgehead atoms. The highest BCUT2D eigenvalue weighted by Gasteiger charge is 2.53. The van der Waals surface area contributed by atoms with Gasteiger partial charge in [0, 0.05) is 6.04 Å². The standard InChI is InChI=1S/C15H22N4O/c1-9(18-14(20)13-16-8-17-19-13)15-5-10-2-11(6-15)4-12(3-10)7-15/h8-12H,2-7H2,1H3,(H,18,20)(H,16,17,19). The minimum Gasteiger partial charge on any atom is -0.346 e. The molecule has 0 radical (unpaired) electrons. The molecule has 0 aliphatic heterocycles. The summed E-state index contributed by atoms with van der Waals surface area (Å²) in [5.41, 5.74) is 0.338. The van der Waals surface area contributed by atoms with Gasteiger partial charge in [-0.25, -0.2) is 4.98 Å². The van der Waals surface area contributed by atoms with Gasteiger partial charge in [-0.15, -0.1) is 0 Å². The maximum atomic E-state index is 12.2. The smallest absolute Gasteiger partial charge is 0.288 e. The van der Waals surface area contributed by atoms with Gasteiger partial charge in [0.25, 0.3) is 5.91 Å². The first kappa shape index (κ1) is 12.4. The number of hydrogen-bond acceptors (Lipinski definition) is 3. The number of carbonyl (C=O) groups is 1. The van der Waals surface area contributed by atoms with Crippen LogP contribution < -0.4 is 5.32 Å². The van der Waals surface area contributed by atoms with Crippen LogP contribution in [-0.4, -0.2) is 27.1 Å². The van der Waals surface area contributed by atoms with Crippen LogP contribution in [0.15, 0.2) is 6.33 Å². The number of aromatic nitrogens is 3. The average molecular weight is 274 g/mol. The first-order chi connectivity index (χ1) is 9.64. The van der Waals surface area contributed by atoms with Crippen molar-refractivity contribution in [3.05, 3.63) is 12.2 Å². The second-order valence-electron chi connectivity index (χ2n) is 7.31. The van der Waals surface area contributed by atoms with Gasteiger partial charge in [-0.3, -0.25) is 9.89 Å². The minimum absolute atomic E-state index is 0.120. The fraction of sp³-hybridized carbons (Fsp3) is 0.800. The summed E-state index contributed by atoms with van der Waals surface area (Å²) in [6.45, 7) is 2.18. The van der Waals surface area contributed by atoms with Gasteiger partial charge < -0.3 is 5.32 Å². The van der Waals surface area contributed by atoms with Crippen LogP contribution >= 0.6 is 0 Å². The molecular weight excluding hydrogens is 252 g/mol. The molecule has 1 amide bonds. The Bertz CT molecular complexity index is 475. The van der Waals surface area contributed by atoms with Crippen molar-refractivity contribution in [3.8, 4) is 0 Å². The summed E-state index contributed by atoms with van der Waals surface area (Å²) in [4.78, 5) is 16.1. The quantitative estimate of drug-likeness (QED) is 0.887. The summed E-state index contributed by atoms with van der Waals surface area (Å²) in [6.07, 6.45) is 9.58. The summed E-state index contributed by atoms with van der Waals surface area (Å²) in [6, 6.07) is 0.230. The van der Waals surface area contributed by atoms with Crippen LogP contribution in [0.1, 0.15) is 56.1 Å². The molecule has 1 atom stereocenters. The molecule has 5 rings (SSSR count). The number of nitrogens with one attached hydrogen (secondary N) is 2. The Hall–Kier alpha value is -1.39. The average Bonchev–Trinajstić information content (AvgIpc) is 2.90. The van der Waals surface area contributed by atoms with Gasteiger partial charge in [-0.05, 0) is 68.6 Å². The number of carbonyl (C=O) groups excluding carboxylic acids is 1. The van der Waals surface area contributed by atoms with E-state index in [4.69, 9.17) is 0 Å². The van der Waals surface area contributed by atoms with Crippen LogP contribution in [0.3, 0.4) is 0 Å². The number of amides is 1. The predicted molar refractivity (Wildman–Crippen MR) is 73.9 cm³/mol. The summed E-state index contributed by atoms with van der Waals surface area (Å²) in [5.74, 6) is 2.93.